The molecule has 0 aromatic heterocycles. The van der Waals surface area contributed by atoms with Gasteiger partial charge in [0.25, 0.3) is 0 Å². The van der Waals surface area contributed by atoms with Crippen LogP contribution in [0.15, 0.2) is 29.2 Å². The second-order valence-corrected chi connectivity index (χ2v) is 6.28. The second kappa shape index (κ2) is 5.17. The topological polar surface area (TPSA) is 74.7 Å². The summed E-state index contributed by atoms with van der Waals surface area (Å²) >= 11 is 0. The second-order valence-electron chi connectivity index (χ2n) is 4.35. The molecule has 98 valence electrons. The number of sulfonamides is 1. The first kappa shape index (κ1) is 13.2. The minimum atomic E-state index is -3.56. The maximum atomic E-state index is 12.3. The standard InChI is InChI=1S/C12H15NO4S/c14-9-10-3-5-12(6-4-10)18(16,17)13-7-1-2-11(15)8-13/h3-6,9,11,15H,1-2,7-8H2/t11-/m0/s1. The van der Waals surface area contributed by atoms with Crippen LogP contribution in [0.4, 0.5) is 0 Å². The lowest BCUT2D eigenvalue weighted by Crippen LogP contribution is -2.42. The van der Waals surface area contributed by atoms with Gasteiger partial charge >= 0.3 is 0 Å². The number of aldehydes is 1. The van der Waals surface area contributed by atoms with E-state index in [1.54, 1.807) is 0 Å². The molecule has 1 N–H and O–H groups in total. The molecule has 0 radical (unpaired) electrons. The van der Waals surface area contributed by atoms with Crippen LogP contribution in [-0.2, 0) is 10.0 Å². The van der Waals surface area contributed by atoms with Crippen LogP contribution in [0.25, 0.3) is 0 Å². The molecule has 1 aromatic carbocycles. The maximum Gasteiger partial charge on any atom is 0.243 e. The Morgan fingerprint density at radius 3 is 2.50 bits per heavy atom. The van der Waals surface area contributed by atoms with Gasteiger partial charge in [0, 0.05) is 18.7 Å². The van der Waals surface area contributed by atoms with Crippen molar-refractivity contribution in [3.05, 3.63) is 29.8 Å². The molecule has 18 heavy (non-hydrogen) atoms. The minimum Gasteiger partial charge on any atom is -0.392 e. The molecule has 1 saturated heterocycles. The van der Waals surface area contributed by atoms with E-state index in [-0.39, 0.29) is 11.4 Å². The van der Waals surface area contributed by atoms with E-state index in [1.807, 2.05) is 0 Å². The van der Waals surface area contributed by atoms with Crippen LogP contribution < -0.4 is 0 Å². The van der Waals surface area contributed by atoms with Gasteiger partial charge in [0.15, 0.2) is 0 Å². The zero-order valence-electron chi connectivity index (χ0n) is 9.82. The Labute approximate surface area is 106 Å². The molecule has 6 heteroatoms. The van der Waals surface area contributed by atoms with E-state index < -0.39 is 16.1 Å². The number of β-amino-alcohol motifs (C(OH)–C–C–N with tert-alkyl or cyclic N) is 1. The van der Waals surface area contributed by atoms with E-state index >= 15 is 0 Å². The highest BCUT2D eigenvalue weighted by molar-refractivity contribution is 7.89. The summed E-state index contributed by atoms with van der Waals surface area (Å²) in [6.45, 7) is 0.562. The Morgan fingerprint density at radius 1 is 1.28 bits per heavy atom. The average Bonchev–Trinajstić information content (AvgIpc) is 2.39. The number of rotatable bonds is 3. The lowest BCUT2D eigenvalue weighted by atomic mass is 10.1. The molecule has 5 nitrogen and oxygen atoms in total. The van der Waals surface area contributed by atoms with Crippen molar-refractivity contribution >= 4 is 16.3 Å². The van der Waals surface area contributed by atoms with Gasteiger partial charge in [-0.15, -0.1) is 0 Å². The highest BCUT2D eigenvalue weighted by Crippen LogP contribution is 2.20. The number of hydrogen-bond acceptors (Lipinski definition) is 4. The molecule has 1 aromatic rings. The normalized spacial score (nSPS) is 21.7. The fraction of sp³-hybridized carbons (Fsp3) is 0.417. The Kier molecular flexibility index (Phi) is 3.79. The number of nitrogens with zero attached hydrogens (tertiary/aromatic N) is 1. The summed E-state index contributed by atoms with van der Waals surface area (Å²) in [4.78, 5) is 10.7. The van der Waals surface area contributed by atoms with Crippen LogP contribution in [0.1, 0.15) is 23.2 Å². The van der Waals surface area contributed by atoms with Crippen LogP contribution in [0.3, 0.4) is 0 Å². The zero-order valence-corrected chi connectivity index (χ0v) is 10.6. The van der Waals surface area contributed by atoms with Crippen LogP contribution in [0.2, 0.25) is 0 Å². The Balaban J connectivity index is 2.26. The van der Waals surface area contributed by atoms with E-state index in [1.165, 1.54) is 28.6 Å². The number of carbonyl (C=O) groups excluding carboxylic acids is 1. The molecule has 1 atom stereocenters. The van der Waals surface area contributed by atoms with Crippen molar-refractivity contribution in [1.82, 2.24) is 4.31 Å². The van der Waals surface area contributed by atoms with Crippen LogP contribution in [0.5, 0.6) is 0 Å². The average molecular weight is 269 g/mol. The number of piperidine rings is 1. The molecular formula is C12H15NO4S. The summed E-state index contributed by atoms with van der Waals surface area (Å²) in [5, 5.41) is 9.52. The molecule has 2 rings (SSSR count). The smallest absolute Gasteiger partial charge is 0.243 e. The minimum absolute atomic E-state index is 0.137. The van der Waals surface area contributed by atoms with Gasteiger partial charge in [-0.2, -0.15) is 4.31 Å². The summed E-state index contributed by atoms with van der Waals surface area (Å²) in [5.74, 6) is 0. The van der Waals surface area contributed by atoms with Crippen molar-refractivity contribution in [2.45, 2.75) is 23.8 Å². The third-order valence-electron chi connectivity index (χ3n) is 3.01. The zero-order chi connectivity index (χ0) is 13.2. The van der Waals surface area contributed by atoms with Gasteiger partial charge in [-0.1, -0.05) is 12.1 Å². The van der Waals surface area contributed by atoms with Crippen molar-refractivity contribution in [3.63, 3.8) is 0 Å². The third-order valence-corrected chi connectivity index (χ3v) is 4.89. The van der Waals surface area contributed by atoms with Gasteiger partial charge in [0.2, 0.25) is 10.0 Å². The number of carbonyl (C=O) groups is 1. The molecule has 0 unspecified atom stereocenters. The molecule has 0 bridgehead atoms. The van der Waals surface area contributed by atoms with Gasteiger partial charge in [-0.25, -0.2) is 8.42 Å². The predicted octanol–water partition coefficient (Wildman–Crippen LogP) is 0.645. The maximum absolute atomic E-state index is 12.3. The van der Waals surface area contributed by atoms with E-state index in [2.05, 4.69) is 0 Å². The van der Waals surface area contributed by atoms with Crippen LogP contribution >= 0.6 is 0 Å². The lowest BCUT2D eigenvalue weighted by molar-refractivity contribution is 0.108. The first-order valence-electron chi connectivity index (χ1n) is 5.77. The van der Waals surface area contributed by atoms with Gasteiger partial charge < -0.3 is 5.11 Å². The van der Waals surface area contributed by atoms with Gasteiger partial charge in [-0.05, 0) is 25.0 Å². The first-order chi connectivity index (χ1) is 8.54. The van der Waals surface area contributed by atoms with Crippen molar-refractivity contribution < 1.29 is 18.3 Å². The summed E-state index contributed by atoms with van der Waals surface area (Å²) in [6.07, 6.45) is 1.37. The lowest BCUT2D eigenvalue weighted by Gasteiger charge is -2.29. The highest BCUT2D eigenvalue weighted by atomic mass is 32.2. The van der Waals surface area contributed by atoms with Crippen LogP contribution in [-0.4, -0.2) is 43.3 Å². The van der Waals surface area contributed by atoms with Gasteiger partial charge in [0.1, 0.15) is 6.29 Å². The first-order valence-corrected chi connectivity index (χ1v) is 7.21. The van der Waals surface area contributed by atoms with Gasteiger partial charge in [0.05, 0.1) is 11.0 Å². The Bertz CT molecular complexity index is 524. The summed E-state index contributed by atoms with van der Waals surface area (Å²) in [6, 6.07) is 5.78. The monoisotopic (exact) mass is 269 g/mol. The van der Waals surface area contributed by atoms with Crippen molar-refractivity contribution in [3.8, 4) is 0 Å². The summed E-state index contributed by atoms with van der Waals surface area (Å²) in [5.41, 5.74) is 0.438. The summed E-state index contributed by atoms with van der Waals surface area (Å²) in [7, 11) is -3.56. The Morgan fingerprint density at radius 2 is 1.94 bits per heavy atom. The number of aliphatic hydroxyl groups is 1. The highest BCUT2D eigenvalue weighted by Gasteiger charge is 2.29. The molecular weight excluding hydrogens is 254 g/mol. The molecule has 0 aliphatic carbocycles. The summed E-state index contributed by atoms with van der Waals surface area (Å²) < 4.78 is 25.8. The van der Waals surface area contributed by atoms with E-state index in [4.69, 9.17) is 0 Å². The van der Waals surface area contributed by atoms with E-state index in [0.717, 1.165) is 0 Å². The molecule has 0 spiro atoms. The SMILES string of the molecule is O=Cc1ccc(S(=O)(=O)N2CCC[C@H](O)C2)cc1. The molecule has 1 aliphatic heterocycles. The third kappa shape index (κ3) is 2.60. The van der Waals surface area contributed by atoms with E-state index in [9.17, 15) is 18.3 Å². The molecule has 0 saturated carbocycles. The van der Waals surface area contributed by atoms with Gasteiger partial charge in [-0.3, -0.25) is 4.79 Å². The fourth-order valence-corrected chi connectivity index (χ4v) is 3.52. The quantitative estimate of drug-likeness (QED) is 0.817. The van der Waals surface area contributed by atoms with Crippen molar-refractivity contribution in [2.24, 2.45) is 0 Å². The van der Waals surface area contributed by atoms with E-state index in [0.29, 0.717) is 31.2 Å². The predicted molar refractivity (Wildman–Crippen MR) is 65.8 cm³/mol. The number of benzene rings is 1. The Hall–Kier alpha value is -1.24. The van der Waals surface area contributed by atoms with Crippen LogP contribution in [0, 0.1) is 0 Å². The van der Waals surface area contributed by atoms with Crippen molar-refractivity contribution in [2.75, 3.05) is 13.1 Å². The number of aliphatic hydroxyl groups excluding tert-OH is 1. The molecule has 1 fully saturated rings. The fourth-order valence-electron chi connectivity index (χ4n) is 2.01. The molecule has 1 aliphatic rings. The molecule has 0 amide bonds. The molecule has 1 heterocycles. The largest absolute Gasteiger partial charge is 0.392 e. The van der Waals surface area contributed by atoms with Crippen molar-refractivity contribution in [1.29, 1.82) is 0 Å². The number of hydrogen-bond donors (Lipinski definition) is 1.